The molecule has 0 aliphatic carbocycles. The first kappa shape index (κ1) is 23.9. The second-order valence-corrected chi connectivity index (χ2v) is 10.4. The molecule has 0 radical (unpaired) electrons. The Kier molecular flexibility index (Phi) is 7.70. The Bertz CT molecular complexity index is 871. The minimum absolute atomic E-state index is 0.0519. The number of aliphatic imine (C=N–C) groups is 1. The van der Waals surface area contributed by atoms with Crippen molar-refractivity contribution in [3.05, 3.63) is 29.8 Å². The molecule has 1 fully saturated rings. The van der Waals surface area contributed by atoms with E-state index in [1.807, 2.05) is 27.7 Å². The van der Waals surface area contributed by atoms with Gasteiger partial charge in [-0.25, -0.2) is 22.5 Å². The molecule has 1 saturated heterocycles. The van der Waals surface area contributed by atoms with Gasteiger partial charge in [-0.05, 0) is 39.3 Å². The number of nitrogens with zero attached hydrogens (tertiary/aromatic N) is 3. The van der Waals surface area contributed by atoms with Crippen LogP contribution in [0, 0.1) is 0 Å². The maximum Gasteiger partial charge on any atom is 0.410 e. The first-order valence-electron chi connectivity index (χ1n) is 9.97. The van der Waals surface area contributed by atoms with Crippen LogP contribution in [0.2, 0.25) is 0 Å². The Morgan fingerprint density at radius 2 is 1.90 bits per heavy atom. The summed E-state index contributed by atoms with van der Waals surface area (Å²) in [5.74, 6) is 0.573. The Morgan fingerprint density at radius 3 is 2.47 bits per heavy atom. The average Bonchev–Trinajstić information content (AvgIpc) is 2.60. The van der Waals surface area contributed by atoms with Crippen LogP contribution < -0.4 is 10.6 Å². The van der Waals surface area contributed by atoms with E-state index in [0.717, 1.165) is 0 Å². The van der Waals surface area contributed by atoms with Crippen LogP contribution in [0.4, 0.5) is 4.79 Å². The quantitative estimate of drug-likeness (QED) is 0.516. The number of ether oxygens (including phenoxy) is 1. The first-order chi connectivity index (χ1) is 13.9. The minimum atomic E-state index is -3.55. The zero-order valence-electron chi connectivity index (χ0n) is 18.6. The summed E-state index contributed by atoms with van der Waals surface area (Å²) in [6.45, 7) is 9.37. The number of likely N-dealkylation sites (tertiary alicyclic amines) is 1. The average molecular weight is 440 g/mol. The second-order valence-electron chi connectivity index (χ2n) is 8.32. The molecule has 0 aromatic heterocycles. The van der Waals surface area contributed by atoms with Gasteiger partial charge in [0.05, 0.1) is 17.5 Å². The van der Waals surface area contributed by atoms with Gasteiger partial charge in [0.25, 0.3) is 0 Å². The van der Waals surface area contributed by atoms with Crippen molar-refractivity contribution in [1.82, 2.24) is 19.8 Å². The molecule has 1 aliphatic rings. The van der Waals surface area contributed by atoms with Crippen molar-refractivity contribution in [2.24, 2.45) is 4.99 Å². The number of guanidine groups is 1. The summed E-state index contributed by atoms with van der Waals surface area (Å²) < 4.78 is 31.7. The SMILES string of the molecule is CCNC(=NCc1ccccc1S(=O)(=O)N(C)C)NC1CN(C(=O)OC(C)(C)C)C1. The Balaban J connectivity index is 2.03. The van der Waals surface area contributed by atoms with Gasteiger partial charge in [-0.15, -0.1) is 0 Å². The van der Waals surface area contributed by atoms with E-state index in [-0.39, 0.29) is 23.6 Å². The summed E-state index contributed by atoms with van der Waals surface area (Å²) in [6.07, 6.45) is -0.328. The van der Waals surface area contributed by atoms with Gasteiger partial charge in [0, 0.05) is 33.7 Å². The van der Waals surface area contributed by atoms with Gasteiger partial charge in [0.1, 0.15) is 5.60 Å². The molecular formula is C20H33N5O4S. The molecular weight excluding hydrogens is 406 g/mol. The Morgan fingerprint density at radius 1 is 1.27 bits per heavy atom. The number of rotatable bonds is 6. The highest BCUT2D eigenvalue weighted by atomic mass is 32.2. The third kappa shape index (κ3) is 6.33. The number of carbonyl (C=O) groups excluding carboxylic acids is 1. The van der Waals surface area contributed by atoms with Crippen molar-refractivity contribution in [3.8, 4) is 0 Å². The number of amides is 1. The van der Waals surface area contributed by atoms with E-state index in [1.54, 1.807) is 29.2 Å². The highest BCUT2D eigenvalue weighted by Gasteiger charge is 2.34. The number of hydrogen-bond acceptors (Lipinski definition) is 5. The minimum Gasteiger partial charge on any atom is -0.444 e. The first-order valence-corrected chi connectivity index (χ1v) is 11.4. The molecule has 10 heteroatoms. The van der Waals surface area contributed by atoms with Crippen LogP contribution >= 0.6 is 0 Å². The topological polar surface area (TPSA) is 103 Å². The van der Waals surface area contributed by atoms with Crippen LogP contribution in [0.1, 0.15) is 33.3 Å². The molecule has 0 bridgehead atoms. The van der Waals surface area contributed by atoms with Crippen molar-refractivity contribution < 1.29 is 17.9 Å². The fourth-order valence-electron chi connectivity index (χ4n) is 2.81. The lowest BCUT2D eigenvalue weighted by Crippen LogP contribution is -2.63. The predicted octanol–water partition coefficient (Wildman–Crippen LogP) is 1.61. The van der Waals surface area contributed by atoms with Crippen LogP contribution in [0.15, 0.2) is 34.2 Å². The zero-order chi connectivity index (χ0) is 22.5. The van der Waals surface area contributed by atoms with Crippen LogP contribution in [0.25, 0.3) is 0 Å². The third-order valence-corrected chi connectivity index (χ3v) is 6.27. The van der Waals surface area contributed by atoms with Crippen molar-refractivity contribution in [2.45, 2.75) is 50.8 Å². The van der Waals surface area contributed by atoms with Gasteiger partial charge in [0.15, 0.2) is 5.96 Å². The molecule has 2 N–H and O–H groups in total. The number of carbonyl (C=O) groups is 1. The second kappa shape index (κ2) is 9.65. The van der Waals surface area contributed by atoms with Crippen LogP contribution in [-0.2, 0) is 21.3 Å². The fourth-order valence-corrected chi connectivity index (χ4v) is 3.91. The summed E-state index contributed by atoms with van der Waals surface area (Å²) in [6, 6.07) is 6.90. The molecule has 1 heterocycles. The summed E-state index contributed by atoms with van der Waals surface area (Å²) in [4.78, 5) is 18.5. The third-order valence-electron chi connectivity index (χ3n) is 4.36. The van der Waals surface area contributed by atoms with Gasteiger partial charge >= 0.3 is 6.09 Å². The summed E-state index contributed by atoms with van der Waals surface area (Å²) >= 11 is 0. The molecule has 0 saturated carbocycles. The van der Waals surface area contributed by atoms with Gasteiger partial charge in [-0.2, -0.15) is 0 Å². The molecule has 0 unspecified atom stereocenters. The molecule has 30 heavy (non-hydrogen) atoms. The molecule has 0 atom stereocenters. The van der Waals surface area contributed by atoms with Gasteiger partial charge in [0.2, 0.25) is 10.0 Å². The van der Waals surface area contributed by atoms with Crippen molar-refractivity contribution >= 4 is 22.1 Å². The number of benzene rings is 1. The lowest BCUT2D eigenvalue weighted by Gasteiger charge is -2.40. The van der Waals surface area contributed by atoms with Crippen LogP contribution in [-0.4, -0.2) is 75.0 Å². The Hall–Kier alpha value is -2.33. The van der Waals surface area contributed by atoms with E-state index in [0.29, 0.717) is 31.2 Å². The summed E-state index contributed by atoms with van der Waals surface area (Å²) in [5.41, 5.74) is 0.0964. The molecule has 1 aromatic carbocycles. The predicted molar refractivity (Wildman–Crippen MR) is 117 cm³/mol. The number of sulfonamides is 1. The van der Waals surface area contributed by atoms with Crippen molar-refractivity contribution in [3.63, 3.8) is 0 Å². The maximum atomic E-state index is 12.6. The molecule has 1 aromatic rings. The number of nitrogens with one attached hydrogen (secondary N) is 2. The summed E-state index contributed by atoms with van der Waals surface area (Å²) in [5, 5.41) is 6.44. The molecule has 0 spiro atoms. The standard InChI is InChI=1S/C20H33N5O4S/c1-7-21-18(23-16-13-25(14-16)19(26)29-20(2,3)4)22-12-15-10-8-9-11-17(15)30(27,28)24(5)6/h8-11,16H,7,12-14H2,1-6H3,(H2,21,22,23). The molecule has 168 valence electrons. The highest BCUT2D eigenvalue weighted by molar-refractivity contribution is 7.89. The zero-order valence-corrected chi connectivity index (χ0v) is 19.4. The smallest absolute Gasteiger partial charge is 0.410 e. The van der Waals surface area contributed by atoms with E-state index >= 15 is 0 Å². The molecule has 1 aliphatic heterocycles. The van der Waals surface area contributed by atoms with Gasteiger partial charge in [-0.3, -0.25) is 0 Å². The van der Waals surface area contributed by atoms with Crippen LogP contribution in [0.3, 0.4) is 0 Å². The van der Waals surface area contributed by atoms with E-state index in [4.69, 9.17) is 4.74 Å². The molecule has 9 nitrogen and oxygen atoms in total. The monoisotopic (exact) mass is 439 g/mol. The van der Waals surface area contributed by atoms with E-state index in [9.17, 15) is 13.2 Å². The van der Waals surface area contributed by atoms with Crippen LogP contribution in [0.5, 0.6) is 0 Å². The lowest BCUT2D eigenvalue weighted by molar-refractivity contribution is 0.00700. The largest absolute Gasteiger partial charge is 0.444 e. The summed E-state index contributed by atoms with van der Waals surface area (Å²) in [7, 11) is -0.535. The molecule has 1 amide bonds. The van der Waals surface area contributed by atoms with Crippen molar-refractivity contribution in [1.29, 1.82) is 0 Å². The fraction of sp³-hybridized carbons (Fsp3) is 0.600. The maximum absolute atomic E-state index is 12.6. The van der Waals surface area contributed by atoms with E-state index in [1.165, 1.54) is 18.4 Å². The Labute approximate surface area is 179 Å². The van der Waals surface area contributed by atoms with Gasteiger partial charge < -0.3 is 20.3 Å². The van der Waals surface area contributed by atoms with Crippen molar-refractivity contribution in [2.75, 3.05) is 33.7 Å². The highest BCUT2D eigenvalue weighted by Crippen LogP contribution is 2.19. The molecule has 2 rings (SSSR count). The van der Waals surface area contributed by atoms with Gasteiger partial charge in [-0.1, -0.05) is 18.2 Å². The van der Waals surface area contributed by atoms with E-state index in [2.05, 4.69) is 15.6 Å². The lowest BCUT2D eigenvalue weighted by atomic mass is 10.1. The number of hydrogen-bond donors (Lipinski definition) is 2. The van der Waals surface area contributed by atoms with E-state index < -0.39 is 15.6 Å². The normalized spacial score (nSPS) is 15.7.